The topological polar surface area (TPSA) is 64.6 Å². The van der Waals surface area contributed by atoms with Gasteiger partial charge >= 0.3 is 12.1 Å². The van der Waals surface area contributed by atoms with Crippen LogP contribution in [0.25, 0.3) is 0 Å². The van der Waals surface area contributed by atoms with Crippen LogP contribution in [0.5, 0.6) is 0 Å². The summed E-state index contributed by atoms with van der Waals surface area (Å²) in [5.41, 5.74) is 0. The first-order valence-corrected chi connectivity index (χ1v) is 6.16. The molecule has 17 heavy (non-hydrogen) atoms. The standard InChI is InChI=1S/C12H23NO4/c1-4-6-7-9-17-11(14)10(8-5-2)13-12(15)16-3/h10H,4-9H2,1-3H3,(H,13,15). The molecule has 1 amide bonds. The van der Waals surface area contributed by atoms with Gasteiger partial charge in [-0.05, 0) is 12.8 Å². The molecule has 0 aliphatic carbocycles. The van der Waals surface area contributed by atoms with Crippen molar-refractivity contribution in [1.82, 2.24) is 5.32 Å². The van der Waals surface area contributed by atoms with Crippen molar-refractivity contribution in [3.8, 4) is 0 Å². The lowest BCUT2D eigenvalue weighted by Crippen LogP contribution is -2.41. The maximum Gasteiger partial charge on any atom is 0.407 e. The zero-order chi connectivity index (χ0) is 13.1. The van der Waals surface area contributed by atoms with Gasteiger partial charge in [-0.2, -0.15) is 0 Å². The van der Waals surface area contributed by atoms with E-state index in [1.807, 2.05) is 6.92 Å². The smallest absolute Gasteiger partial charge is 0.407 e. The Balaban J connectivity index is 4.01. The molecule has 0 rings (SSSR count). The third-order valence-corrected chi connectivity index (χ3v) is 2.33. The van der Waals surface area contributed by atoms with Crippen LogP contribution in [0.2, 0.25) is 0 Å². The highest BCUT2D eigenvalue weighted by atomic mass is 16.5. The highest BCUT2D eigenvalue weighted by molar-refractivity contribution is 5.81. The largest absolute Gasteiger partial charge is 0.464 e. The minimum absolute atomic E-state index is 0.381. The van der Waals surface area contributed by atoms with Crippen LogP contribution in [0.1, 0.15) is 46.0 Å². The Morgan fingerprint density at radius 2 is 1.88 bits per heavy atom. The first-order chi connectivity index (χ1) is 8.15. The number of carbonyl (C=O) groups is 2. The SMILES string of the molecule is CCCCCOC(=O)C(CCC)NC(=O)OC. The number of hydrogen-bond acceptors (Lipinski definition) is 4. The molecule has 0 saturated heterocycles. The van der Waals surface area contributed by atoms with Crippen molar-refractivity contribution in [3.63, 3.8) is 0 Å². The second-order valence-electron chi connectivity index (χ2n) is 3.85. The van der Waals surface area contributed by atoms with Crippen LogP contribution < -0.4 is 5.32 Å². The summed E-state index contributed by atoms with van der Waals surface area (Å²) in [4.78, 5) is 22.7. The Morgan fingerprint density at radius 3 is 2.41 bits per heavy atom. The summed E-state index contributed by atoms with van der Waals surface area (Å²) in [6.45, 7) is 4.44. The molecule has 0 saturated carbocycles. The van der Waals surface area contributed by atoms with Gasteiger partial charge in [-0.15, -0.1) is 0 Å². The van der Waals surface area contributed by atoms with E-state index in [1.165, 1.54) is 7.11 Å². The molecule has 0 aromatic rings. The number of hydrogen-bond donors (Lipinski definition) is 1. The van der Waals surface area contributed by atoms with Crippen LogP contribution in [-0.4, -0.2) is 31.8 Å². The fraction of sp³-hybridized carbons (Fsp3) is 0.833. The molecule has 1 unspecified atom stereocenters. The molecule has 5 nitrogen and oxygen atoms in total. The van der Waals surface area contributed by atoms with Gasteiger partial charge < -0.3 is 14.8 Å². The van der Waals surface area contributed by atoms with Gasteiger partial charge in [0.05, 0.1) is 13.7 Å². The van der Waals surface area contributed by atoms with Crippen molar-refractivity contribution in [2.24, 2.45) is 0 Å². The van der Waals surface area contributed by atoms with Gasteiger partial charge in [0.1, 0.15) is 6.04 Å². The molecule has 0 aromatic heterocycles. The Hall–Kier alpha value is -1.26. The summed E-state index contributed by atoms with van der Waals surface area (Å²) in [7, 11) is 1.27. The summed E-state index contributed by atoms with van der Waals surface area (Å²) in [5, 5.41) is 2.47. The summed E-state index contributed by atoms with van der Waals surface area (Å²) in [6, 6.07) is -0.603. The van der Waals surface area contributed by atoms with E-state index in [9.17, 15) is 9.59 Å². The van der Waals surface area contributed by atoms with Gasteiger partial charge in [0.2, 0.25) is 0 Å². The zero-order valence-electron chi connectivity index (χ0n) is 11.0. The molecule has 0 radical (unpaired) electrons. The molecule has 1 N–H and O–H groups in total. The van der Waals surface area contributed by atoms with Gasteiger partial charge in [0.25, 0.3) is 0 Å². The molecular formula is C12H23NO4. The fourth-order valence-electron chi connectivity index (χ4n) is 1.36. The molecule has 0 bridgehead atoms. The molecule has 1 atom stereocenters. The molecule has 5 heteroatoms. The monoisotopic (exact) mass is 245 g/mol. The normalized spacial score (nSPS) is 11.7. The number of esters is 1. The van der Waals surface area contributed by atoms with Crippen LogP contribution in [0.3, 0.4) is 0 Å². The second kappa shape index (κ2) is 9.93. The lowest BCUT2D eigenvalue weighted by Gasteiger charge is -2.16. The molecule has 0 aliphatic rings. The van der Waals surface area contributed by atoms with E-state index in [0.29, 0.717) is 13.0 Å². The van der Waals surface area contributed by atoms with Crippen molar-refractivity contribution in [2.45, 2.75) is 52.0 Å². The average Bonchev–Trinajstić information content (AvgIpc) is 2.33. The Morgan fingerprint density at radius 1 is 1.18 bits per heavy atom. The van der Waals surface area contributed by atoms with Crippen LogP contribution in [0.4, 0.5) is 4.79 Å². The summed E-state index contributed by atoms with van der Waals surface area (Å²) < 4.78 is 9.56. The van der Waals surface area contributed by atoms with Crippen LogP contribution >= 0.6 is 0 Å². The molecule has 0 heterocycles. The number of nitrogens with one attached hydrogen (secondary N) is 1. The number of alkyl carbamates (subject to hydrolysis) is 1. The van der Waals surface area contributed by atoms with Gasteiger partial charge in [-0.1, -0.05) is 33.1 Å². The van der Waals surface area contributed by atoms with E-state index in [4.69, 9.17) is 4.74 Å². The lowest BCUT2D eigenvalue weighted by molar-refractivity contribution is -0.146. The number of ether oxygens (including phenoxy) is 2. The van der Waals surface area contributed by atoms with Crippen LogP contribution in [0.15, 0.2) is 0 Å². The summed E-state index contributed by atoms with van der Waals surface area (Å²) >= 11 is 0. The van der Waals surface area contributed by atoms with Crippen LogP contribution in [0, 0.1) is 0 Å². The molecule has 100 valence electrons. The fourth-order valence-corrected chi connectivity index (χ4v) is 1.36. The van der Waals surface area contributed by atoms with Gasteiger partial charge in [0, 0.05) is 0 Å². The maximum absolute atomic E-state index is 11.7. The van der Waals surface area contributed by atoms with Gasteiger partial charge in [-0.25, -0.2) is 9.59 Å². The van der Waals surface area contributed by atoms with Crippen LogP contribution in [-0.2, 0) is 14.3 Å². The van der Waals surface area contributed by atoms with Crippen molar-refractivity contribution in [3.05, 3.63) is 0 Å². The number of carbonyl (C=O) groups excluding carboxylic acids is 2. The Bertz CT molecular complexity index is 231. The number of amides is 1. The van der Waals surface area contributed by atoms with Crippen molar-refractivity contribution >= 4 is 12.1 Å². The third kappa shape index (κ3) is 7.60. The van der Waals surface area contributed by atoms with Crippen molar-refractivity contribution < 1.29 is 19.1 Å². The summed E-state index contributed by atoms with van der Waals surface area (Å²) in [6.07, 6.45) is 3.72. The maximum atomic E-state index is 11.7. The lowest BCUT2D eigenvalue weighted by atomic mass is 10.2. The van der Waals surface area contributed by atoms with Crippen molar-refractivity contribution in [2.75, 3.05) is 13.7 Å². The van der Waals surface area contributed by atoms with E-state index in [-0.39, 0.29) is 5.97 Å². The quantitative estimate of drug-likeness (QED) is 0.526. The Labute approximate surface area is 103 Å². The average molecular weight is 245 g/mol. The van der Waals surface area contributed by atoms with E-state index in [1.54, 1.807) is 0 Å². The predicted octanol–water partition coefficient (Wildman–Crippen LogP) is 2.24. The minimum Gasteiger partial charge on any atom is -0.464 e. The molecule has 0 fully saturated rings. The van der Waals surface area contributed by atoms with E-state index < -0.39 is 12.1 Å². The molecular weight excluding hydrogens is 222 g/mol. The van der Waals surface area contributed by atoms with Gasteiger partial charge in [-0.3, -0.25) is 0 Å². The highest BCUT2D eigenvalue weighted by Crippen LogP contribution is 2.02. The number of methoxy groups -OCH3 is 1. The predicted molar refractivity (Wildman–Crippen MR) is 64.7 cm³/mol. The zero-order valence-corrected chi connectivity index (χ0v) is 11.0. The number of unbranched alkanes of at least 4 members (excludes halogenated alkanes) is 2. The molecule has 0 aromatic carbocycles. The van der Waals surface area contributed by atoms with Crippen molar-refractivity contribution in [1.29, 1.82) is 0 Å². The van der Waals surface area contributed by atoms with Gasteiger partial charge in [0.15, 0.2) is 0 Å². The second-order valence-corrected chi connectivity index (χ2v) is 3.85. The summed E-state index contributed by atoms with van der Waals surface area (Å²) in [5.74, 6) is -0.381. The third-order valence-electron chi connectivity index (χ3n) is 2.33. The number of rotatable bonds is 8. The highest BCUT2D eigenvalue weighted by Gasteiger charge is 2.21. The Kier molecular flexibility index (Phi) is 9.19. The van der Waals surface area contributed by atoms with E-state index in [0.717, 1.165) is 25.7 Å². The molecule has 0 spiro atoms. The first kappa shape index (κ1) is 15.7. The molecule has 0 aliphatic heterocycles. The first-order valence-electron chi connectivity index (χ1n) is 6.16. The van der Waals surface area contributed by atoms with E-state index >= 15 is 0 Å². The van der Waals surface area contributed by atoms with E-state index in [2.05, 4.69) is 17.0 Å². The minimum atomic E-state index is -0.603.